The van der Waals surface area contributed by atoms with Gasteiger partial charge in [-0.25, -0.2) is 0 Å². The van der Waals surface area contributed by atoms with Crippen molar-refractivity contribution in [3.05, 3.63) is 106 Å². The molecule has 0 aliphatic rings. The van der Waals surface area contributed by atoms with Crippen molar-refractivity contribution >= 4 is 13.3 Å². The molecule has 0 aliphatic carbocycles. The molecule has 0 bridgehead atoms. The minimum atomic E-state index is -3.92. The largest absolute Gasteiger partial charge is 0.395 e. The number of hydrogen-bond donors (Lipinski definition) is 3. The Morgan fingerprint density at radius 3 is 2.38 bits per heavy atom. The van der Waals surface area contributed by atoms with Gasteiger partial charge < -0.3 is 19.9 Å². The van der Waals surface area contributed by atoms with Crippen LogP contribution in [-0.2, 0) is 22.4 Å². The molecule has 198 valence electrons. The Labute approximate surface area is 220 Å². The van der Waals surface area contributed by atoms with E-state index in [2.05, 4.69) is 73.7 Å². The van der Waals surface area contributed by atoms with Crippen LogP contribution in [0.2, 0.25) is 0 Å². The summed E-state index contributed by atoms with van der Waals surface area (Å²) in [4.78, 5) is 23.7. The first kappa shape index (κ1) is 28.8. The summed E-state index contributed by atoms with van der Waals surface area (Å²) >= 11 is 0. The van der Waals surface area contributed by atoms with Gasteiger partial charge in [0.15, 0.2) is 0 Å². The minimum absolute atomic E-state index is 0.0933. The van der Waals surface area contributed by atoms with E-state index in [1.54, 1.807) is 0 Å². The summed E-state index contributed by atoms with van der Waals surface area (Å²) < 4.78 is 10.9. The van der Waals surface area contributed by atoms with Crippen LogP contribution in [0.4, 0.5) is 0 Å². The molecule has 0 fully saturated rings. The van der Waals surface area contributed by atoms with E-state index in [9.17, 15) is 4.57 Å². The van der Waals surface area contributed by atoms with Crippen LogP contribution in [0, 0.1) is 20.8 Å². The quantitative estimate of drug-likeness (QED) is 0.110. The monoisotopic (exact) mass is 522 g/mol. The summed E-state index contributed by atoms with van der Waals surface area (Å²) in [5.41, 5.74) is 9.29. The number of aryl methyl sites for hydroxylation is 3. The number of rotatable bonds is 13. The maximum absolute atomic E-state index is 10.9. The highest BCUT2D eigenvalue weighted by Crippen LogP contribution is 2.34. The Kier molecular flexibility index (Phi) is 10.7. The Hall–Kier alpha value is -2.76. The second-order valence-corrected chi connectivity index (χ2v) is 11.6. The van der Waals surface area contributed by atoms with Crippen molar-refractivity contribution in [2.75, 3.05) is 19.3 Å². The van der Waals surface area contributed by atoms with Crippen LogP contribution in [0.1, 0.15) is 58.2 Å². The summed E-state index contributed by atoms with van der Waals surface area (Å²) in [7, 11) is -3.92. The second-order valence-electron chi connectivity index (χ2n) is 9.82. The highest BCUT2D eigenvalue weighted by atomic mass is 31.2. The molecule has 6 nitrogen and oxygen atoms in total. The first-order valence-corrected chi connectivity index (χ1v) is 14.5. The van der Waals surface area contributed by atoms with Gasteiger partial charge in [-0.3, -0.25) is 4.57 Å². The van der Waals surface area contributed by atoms with Gasteiger partial charge in [0.25, 0.3) is 0 Å². The maximum Gasteiger partial charge on any atom is 0.325 e. The molecule has 3 rings (SSSR count). The van der Waals surface area contributed by atoms with Crippen molar-refractivity contribution in [2.45, 2.75) is 53.0 Å². The van der Waals surface area contributed by atoms with Crippen molar-refractivity contribution in [1.29, 1.82) is 0 Å². The average molecular weight is 523 g/mol. The van der Waals surface area contributed by atoms with E-state index >= 15 is 0 Å². The molecule has 1 unspecified atom stereocenters. The zero-order valence-electron chi connectivity index (χ0n) is 22.3. The molecular weight excluding hydrogens is 483 g/mol. The van der Waals surface area contributed by atoms with Crippen LogP contribution in [0.25, 0.3) is 0 Å². The molecular formula is C30H39N2O4P. The average Bonchev–Trinajstić information content (AvgIpc) is 2.85. The first-order chi connectivity index (χ1) is 17.6. The number of benzene rings is 3. The van der Waals surface area contributed by atoms with Gasteiger partial charge in [-0.15, -0.1) is 0 Å². The van der Waals surface area contributed by atoms with Crippen LogP contribution in [0.5, 0.6) is 0 Å². The molecule has 1 atom stereocenters. The van der Waals surface area contributed by atoms with Gasteiger partial charge in [0.1, 0.15) is 6.61 Å². The zero-order valence-corrected chi connectivity index (χ0v) is 23.2. The van der Waals surface area contributed by atoms with Gasteiger partial charge >= 0.3 is 7.60 Å². The minimum Gasteiger partial charge on any atom is -0.395 e. The summed E-state index contributed by atoms with van der Waals surface area (Å²) in [5.74, 6) is 0.192. The molecule has 0 heterocycles. The fraction of sp³-hybridized carbons (Fsp3) is 0.367. The van der Waals surface area contributed by atoms with E-state index in [1.807, 2.05) is 31.2 Å². The van der Waals surface area contributed by atoms with Gasteiger partial charge in [-0.05, 0) is 80.5 Å². The molecule has 0 amide bonds. The summed E-state index contributed by atoms with van der Waals surface area (Å²) in [6.07, 6.45) is 1.23. The van der Waals surface area contributed by atoms with Crippen molar-refractivity contribution in [3.8, 4) is 0 Å². The van der Waals surface area contributed by atoms with Crippen LogP contribution in [-0.4, -0.2) is 34.8 Å². The number of hydrogen-bond acceptors (Lipinski definition) is 4. The Balaban J connectivity index is 1.58. The van der Waals surface area contributed by atoms with Crippen LogP contribution in [0.3, 0.4) is 0 Å². The lowest BCUT2D eigenvalue weighted by atomic mass is 9.90. The molecule has 3 aromatic carbocycles. The first-order valence-electron chi connectivity index (χ1n) is 12.7. The molecule has 0 saturated heterocycles. The lowest BCUT2D eigenvalue weighted by Crippen LogP contribution is -2.15. The third kappa shape index (κ3) is 9.90. The number of nitrogens with one attached hydrogen (secondary N) is 1. The highest BCUT2D eigenvalue weighted by Gasteiger charge is 2.15. The third-order valence-corrected chi connectivity index (χ3v) is 7.45. The van der Waals surface area contributed by atoms with Gasteiger partial charge in [0.05, 0.1) is 11.9 Å². The smallest absolute Gasteiger partial charge is 0.325 e. The second kappa shape index (κ2) is 13.7. The molecule has 0 aromatic heterocycles. The molecule has 0 saturated carbocycles. The SMILES string of the molecule is CC(=NOCC(Cc1ccc(C)c(C)c1)c1cccc(C)c1)c1ccc(CNCCCP(=O)(O)O)cc1. The predicted octanol–water partition coefficient (Wildman–Crippen LogP) is 6.04. The Morgan fingerprint density at radius 2 is 1.70 bits per heavy atom. The summed E-state index contributed by atoms with van der Waals surface area (Å²) in [6.45, 7) is 10.0. The van der Waals surface area contributed by atoms with Crippen molar-refractivity contribution in [3.63, 3.8) is 0 Å². The number of oxime groups is 1. The molecule has 7 heteroatoms. The van der Waals surface area contributed by atoms with E-state index in [4.69, 9.17) is 14.6 Å². The van der Waals surface area contributed by atoms with E-state index in [0.717, 1.165) is 23.3 Å². The third-order valence-electron chi connectivity index (χ3n) is 6.55. The van der Waals surface area contributed by atoms with Gasteiger partial charge in [-0.2, -0.15) is 0 Å². The lowest BCUT2D eigenvalue weighted by Gasteiger charge is -2.18. The van der Waals surface area contributed by atoms with E-state index in [1.165, 1.54) is 27.8 Å². The van der Waals surface area contributed by atoms with E-state index in [-0.39, 0.29) is 12.1 Å². The normalized spacial score (nSPS) is 13.0. The molecule has 0 aliphatic heterocycles. The van der Waals surface area contributed by atoms with Gasteiger partial charge in [0.2, 0.25) is 0 Å². The van der Waals surface area contributed by atoms with Gasteiger partial charge in [0, 0.05) is 12.5 Å². The van der Waals surface area contributed by atoms with Crippen molar-refractivity contribution in [2.24, 2.45) is 5.16 Å². The van der Waals surface area contributed by atoms with Crippen LogP contribution >= 0.6 is 7.60 Å². The standard InChI is InChI=1S/C30H39N2O4P/c1-22-7-5-8-29(17-22)30(19-27-10-9-23(2)24(3)18-27)21-36-32-25(4)28-13-11-26(12-14-28)20-31-15-6-16-37(33,34)35/h5,7-14,17-18,30-31H,6,15-16,19-21H2,1-4H3,(H2,33,34,35). The molecule has 0 radical (unpaired) electrons. The fourth-order valence-electron chi connectivity index (χ4n) is 4.20. The van der Waals surface area contributed by atoms with Crippen LogP contribution in [0.15, 0.2) is 71.9 Å². The molecule has 37 heavy (non-hydrogen) atoms. The lowest BCUT2D eigenvalue weighted by molar-refractivity contribution is 0.128. The highest BCUT2D eigenvalue weighted by molar-refractivity contribution is 7.51. The van der Waals surface area contributed by atoms with Gasteiger partial charge in [-0.1, -0.05) is 77.4 Å². The molecule has 0 spiro atoms. The summed E-state index contributed by atoms with van der Waals surface area (Å²) in [5, 5.41) is 7.64. The fourth-order valence-corrected chi connectivity index (χ4v) is 4.77. The Bertz CT molecular complexity index is 1230. The van der Waals surface area contributed by atoms with E-state index in [0.29, 0.717) is 26.1 Å². The maximum atomic E-state index is 10.9. The Morgan fingerprint density at radius 1 is 0.973 bits per heavy atom. The summed E-state index contributed by atoms with van der Waals surface area (Å²) in [6, 6.07) is 23.3. The van der Waals surface area contributed by atoms with E-state index < -0.39 is 7.60 Å². The zero-order chi connectivity index (χ0) is 26.8. The molecule has 3 N–H and O–H groups in total. The molecule has 3 aromatic rings. The number of nitrogens with zero attached hydrogens (tertiary/aromatic N) is 1. The topological polar surface area (TPSA) is 91.2 Å². The predicted molar refractivity (Wildman–Crippen MR) is 151 cm³/mol. The van der Waals surface area contributed by atoms with Crippen molar-refractivity contribution < 1.29 is 19.2 Å². The van der Waals surface area contributed by atoms with Crippen molar-refractivity contribution in [1.82, 2.24) is 5.32 Å². The van der Waals surface area contributed by atoms with Crippen LogP contribution < -0.4 is 5.32 Å².